The average molecular weight is 295 g/mol. The molecule has 92 valence electrons. The van der Waals surface area contributed by atoms with Crippen LogP contribution in [-0.4, -0.2) is 5.78 Å². The van der Waals surface area contributed by atoms with E-state index in [9.17, 15) is 4.79 Å². The maximum Gasteiger partial charge on any atom is 0.163 e. The normalized spacial score (nSPS) is 17.6. The van der Waals surface area contributed by atoms with Crippen LogP contribution in [0.4, 0.5) is 0 Å². The molecule has 1 aromatic carbocycles. The third-order valence-electron chi connectivity index (χ3n) is 3.96. The van der Waals surface area contributed by atoms with Gasteiger partial charge in [-0.15, -0.1) is 0 Å². The zero-order valence-corrected chi connectivity index (χ0v) is 12.1. The molecule has 17 heavy (non-hydrogen) atoms. The topological polar surface area (TPSA) is 17.1 Å². The SMILES string of the molecule is Cc1ccc(Br)cc1C(=O)CC(C)C1CCC1. The minimum Gasteiger partial charge on any atom is -0.294 e. The van der Waals surface area contributed by atoms with Gasteiger partial charge in [0, 0.05) is 16.5 Å². The number of halogens is 1. The van der Waals surface area contributed by atoms with Crippen LogP contribution in [0.3, 0.4) is 0 Å². The summed E-state index contributed by atoms with van der Waals surface area (Å²) in [6.07, 6.45) is 4.67. The van der Waals surface area contributed by atoms with Crippen LogP contribution < -0.4 is 0 Å². The van der Waals surface area contributed by atoms with E-state index in [1.54, 1.807) is 0 Å². The Kier molecular flexibility index (Phi) is 4.03. The first-order valence-electron chi connectivity index (χ1n) is 6.37. The number of aryl methyl sites for hydroxylation is 1. The van der Waals surface area contributed by atoms with Crippen molar-refractivity contribution in [3.63, 3.8) is 0 Å². The Hall–Kier alpha value is -0.630. The minimum atomic E-state index is 0.295. The van der Waals surface area contributed by atoms with Gasteiger partial charge in [-0.3, -0.25) is 4.79 Å². The third kappa shape index (κ3) is 2.98. The van der Waals surface area contributed by atoms with Gasteiger partial charge >= 0.3 is 0 Å². The van der Waals surface area contributed by atoms with Crippen LogP contribution in [0.2, 0.25) is 0 Å². The minimum absolute atomic E-state index is 0.295. The lowest BCUT2D eigenvalue weighted by Gasteiger charge is -2.31. The van der Waals surface area contributed by atoms with E-state index in [0.29, 0.717) is 18.1 Å². The van der Waals surface area contributed by atoms with E-state index >= 15 is 0 Å². The Labute approximate surface area is 112 Å². The highest BCUT2D eigenvalue weighted by Crippen LogP contribution is 2.35. The fourth-order valence-corrected chi connectivity index (χ4v) is 2.83. The molecule has 0 saturated heterocycles. The van der Waals surface area contributed by atoms with Crippen molar-refractivity contribution in [2.75, 3.05) is 0 Å². The quantitative estimate of drug-likeness (QED) is 0.731. The summed E-state index contributed by atoms with van der Waals surface area (Å²) in [6, 6.07) is 5.94. The van der Waals surface area contributed by atoms with Crippen molar-refractivity contribution >= 4 is 21.7 Å². The number of hydrogen-bond acceptors (Lipinski definition) is 1. The van der Waals surface area contributed by atoms with Crippen molar-refractivity contribution < 1.29 is 4.79 Å². The summed E-state index contributed by atoms with van der Waals surface area (Å²) in [6.45, 7) is 4.22. The zero-order valence-electron chi connectivity index (χ0n) is 10.5. The molecule has 0 spiro atoms. The molecule has 0 aromatic heterocycles. The van der Waals surface area contributed by atoms with Crippen molar-refractivity contribution in [1.82, 2.24) is 0 Å². The highest BCUT2D eigenvalue weighted by Gasteiger charge is 2.26. The maximum atomic E-state index is 12.3. The first kappa shape index (κ1) is 12.8. The molecule has 0 N–H and O–H groups in total. The van der Waals surface area contributed by atoms with E-state index in [0.717, 1.165) is 21.5 Å². The van der Waals surface area contributed by atoms with Crippen molar-refractivity contribution in [3.8, 4) is 0 Å². The van der Waals surface area contributed by atoms with E-state index in [2.05, 4.69) is 22.9 Å². The number of carbonyl (C=O) groups is 1. The molecule has 0 heterocycles. The van der Waals surface area contributed by atoms with Gasteiger partial charge in [-0.1, -0.05) is 48.2 Å². The van der Waals surface area contributed by atoms with Gasteiger partial charge in [-0.2, -0.15) is 0 Å². The van der Waals surface area contributed by atoms with Gasteiger partial charge in [0.2, 0.25) is 0 Å². The predicted octanol–water partition coefficient (Wildman–Crippen LogP) is 4.77. The molecule has 0 bridgehead atoms. The lowest BCUT2D eigenvalue weighted by molar-refractivity contribution is 0.0925. The summed E-state index contributed by atoms with van der Waals surface area (Å²) in [5, 5.41) is 0. The van der Waals surface area contributed by atoms with Gasteiger partial charge in [0.25, 0.3) is 0 Å². The summed E-state index contributed by atoms with van der Waals surface area (Å²) >= 11 is 3.43. The molecule has 1 nitrogen and oxygen atoms in total. The van der Waals surface area contributed by atoms with Crippen LogP contribution >= 0.6 is 15.9 Å². The molecule has 0 radical (unpaired) electrons. The van der Waals surface area contributed by atoms with Gasteiger partial charge in [0.1, 0.15) is 0 Å². The fraction of sp³-hybridized carbons (Fsp3) is 0.533. The lowest BCUT2D eigenvalue weighted by Crippen LogP contribution is -2.22. The van der Waals surface area contributed by atoms with Gasteiger partial charge in [-0.25, -0.2) is 0 Å². The van der Waals surface area contributed by atoms with E-state index in [1.807, 2.05) is 25.1 Å². The summed E-state index contributed by atoms with van der Waals surface area (Å²) in [7, 11) is 0. The van der Waals surface area contributed by atoms with Gasteiger partial charge in [0.05, 0.1) is 0 Å². The molecule has 0 amide bonds. The first-order valence-corrected chi connectivity index (χ1v) is 7.16. The van der Waals surface area contributed by atoms with Crippen LogP contribution in [0.15, 0.2) is 22.7 Å². The van der Waals surface area contributed by atoms with E-state index < -0.39 is 0 Å². The average Bonchev–Trinajstić information content (AvgIpc) is 2.18. The second-order valence-electron chi connectivity index (χ2n) is 5.25. The molecule has 1 atom stereocenters. The molecule has 0 aliphatic heterocycles. The molecule has 2 heteroatoms. The molecular weight excluding hydrogens is 276 g/mol. The molecule has 1 unspecified atom stereocenters. The fourth-order valence-electron chi connectivity index (χ4n) is 2.47. The highest BCUT2D eigenvalue weighted by molar-refractivity contribution is 9.10. The summed E-state index contributed by atoms with van der Waals surface area (Å²) in [4.78, 5) is 12.3. The second-order valence-corrected chi connectivity index (χ2v) is 6.17. The van der Waals surface area contributed by atoms with Crippen molar-refractivity contribution in [3.05, 3.63) is 33.8 Å². The highest BCUT2D eigenvalue weighted by atomic mass is 79.9. The standard InChI is InChI=1S/C15H19BrO/c1-10-6-7-13(16)9-14(10)15(17)8-11(2)12-4-3-5-12/h6-7,9,11-12H,3-5,8H2,1-2H3. The van der Waals surface area contributed by atoms with Crippen LogP contribution in [0, 0.1) is 18.8 Å². The van der Waals surface area contributed by atoms with Crippen LogP contribution in [-0.2, 0) is 0 Å². The number of rotatable bonds is 4. The molecule has 1 aromatic rings. The van der Waals surface area contributed by atoms with Crippen molar-refractivity contribution in [2.45, 2.75) is 39.5 Å². The number of ketones is 1. The number of benzene rings is 1. The molecule has 2 rings (SSSR count). The summed E-state index contributed by atoms with van der Waals surface area (Å²) in [5.41, 5.74) is 1.96. The van der Waals surface area contributed by atoms with Gasteiger partial charge < -0.3 is 0 Å². The van der Waals surface area contributed by atoms with Gasteiger partial charge in [0.15, 0.2) is 5.78 Å². The number of carbonyl (C=O) groups excluding carboxylic acids is 1. The maximum absolute atomic E-state index is 12.3. The Morgan fingerprint density at radius 1 is 1.47 bits per heavy atom. The Morgan fingerprint density at radius 2 is 2.18 bits per heavy atom. The zero-order chi connectivity index (χ0) is 12.4. The van der Waals surface area contributed by atoms with Crippen molar-refractivity contribution in [1.29, 1.82) is 0 Å². The largest absolute Gasteiger partial charge is 0.294 e. The number of Topliss-reactive ketones (excluding diaryl/α,β-unsaturated/α-hetero) is 1. The van der Waals surface area contributed by atoms with E-state index in [1.165, 1.54) is 19.3 Å². The summed E-state index contributed by atoms with van der Waals surface area (Å²) < 4.78 is 0.989. The smallest absolute Gasteiger partial charge is 0.163 e. The molecule has 1 saturated carbocycles. The molecule has 1 fully saturated rings. The van der Waals surface area contributed by atoms with E-state index in [-0.39, 0.29) is 0 Å². The Balaban J connectivity index is 2.05. The second kappa shape index (κ2) is 5.34. The third-order valence-corrected chi connectivity index (χ3v) is 4.46. The van der Waals surface area contributed by atoms with Crippen LogP contribution in [0.25, 0.3) is 0 Å². The molecule has 1 aliphatic carbocycles. The monoisotopic (exact) mass is 294 g/mol. The van der Waals surface area contributed by atoms with Crippen LogP contribution in [0.5, 0.6) is 0 Å². The van der Waals surface area contributed by atoms with E-state index in [4.69, 9.17) is 0 Å². The van der Waals surface area contributed by atoms with Gasteiger partial charge in [-0.05, 0) is 36.5 Å². The predicted molar refractivity (Wildman–Crippen MR) is 74.3 cm³/mol. The van der Waals surface area contributed by atoms with Crippen LogP contribution in [0.1, 0.15) is 48.5 Å². The lowest BCUT2D eigenvalue weighted by atomic mass is 9.74. The Bertz CT molecular complexity index is 421. The number of hydrogen-bond donors (Lipinski definition) is 0. The molecule has 1 aliphatic rings. The summed E-state index contributed by atoms with van der Waals surface area (Å²) in [5.74, 6) is 1.62. The Morgan fingerprint density at radius 3 is 2.76 bits per heavy atom. The van der Waals surface area contributed by atoms with Crippen molar-refractivity contribution in [2.24, 2.45) is 11.8 Å². The first-order chi connectivity index (χ1) is 8.08. The molecular formula is C15H19BrO.